The van der Waals surface area contributed by atoms with Gasteiger partial charge in [0.2, 0.25) is 5.91 Å². The molecule has 0 aromatic heterocycles. The molecule has 3 rings (SSSR count). The SMILES string of the molecule is CC(C)C[C@H](N)C(=O)C[C@@H](Cc1ccc(OC(C)(C)C)cc1)C(=O)N[C@H](C(=O)CCC1(N[C@H](C(=O)C[C@@H](Cc2ccccc2)C(=O)O)[C@@H](C)OC(C)(C)C)CCC1)C(C)C. The number of amides is 1. The van der Waals surface area contributed by atoms with E-state index >= 15 is 0 Å². The lowest BCUT2D eigenvalue weighted by atomic mass is 9.71. The Morgan fingerprint density at radius 2 is 1.32 bits per heavy atom. The lowest BCUT2D eigenvalue weighted by Gasteiger charge is -2.47. The number of carbonyl (C=O) groups is 5. The van der Waals surface area contributed by atoms with E-state index < -0.39 is 53.2 Å². The highest BCUT2D eigenvalue weighted by atomic mass is 16.5. The molecule has 334 valence electrons. The maximum Gasteiger partial charge on any atom is 0.307 e. The molecule has 1 aliphatic carbocycles. The fourth-order valence-electron chi connectivity index (χ4n) is 8.03. The smallest absolute Gasteiger partial charge is 0.307 e. The molecule has 2 aromatic rings. The number of hydrogen-bond donors (Lipinski definition) is 4. The van der Waals surface area contributed by atoms with Crippen molar-refractivity contribution in [3.63, 3.8) is 0 Å². The molecule has 1 aliphatic rings. The summed E-state index contributed by atoms with van der Waals surface area (Å²) in [6.45, 7) is 21.3. The molecule has 0 heterocycles. The van der Waals surface area contributed by atoms with Gasteiger partial charge in [-0.25, -0.2) is 0 Å². The third-order valence-corrected chi connectivity index (χ3v) is 11.2. The minimum Gasteiger partial charge on any atom is -0.488 e. The number of benzene rings is 2. The van der Waals surface area contributed by atoms with Crippen molar-refractivity contribution >= 4 is 29.2 Å². The van der Waals surface area contributed by atoms with Crippen molar-refractivity contribution in [3.8, 4) is 5.75 Å². The van der Waals surface area contributed by atoms with Gasteiger partial charge in [-0.2, -0.15) is 0 Å². The molecule has 0 aliphatic heterocycles. The Hall–Kier alpha value is -3.93. The number of aliphatic carboxylic acids is 1. The molecule has 11 nitrogen and oxygen atoms in total. The van der Waals surface area contributed by atoms with E-state index in [0.29, 0.717) is 18.6 Å². The summed E-state index contributed by atoms with van der Waals surface area (Å²) in [6, 6.07) is 14.5. The van der Waals surface area contributed by atoms with Crippen LogP contribution < -0.4 is 21.1 Å². The molecular formula is C49H75N3O8. The maximum atomic E-state index is 14.1. The average molecular weight is 834 g/mol. The number of carbonyl (C=O) groups excluding carboxylic acids is 4. The monoisotopic (exact) mass is 834 g/mol. The lowest BCUT2D eigenvalue weighted by Crippen LogP contribution is -2.61. The number of carboxylic acids is 1. The zero-order chi connectivity index (χ0) is 45.0. The van der Waals surface area contributed by atoms with Gasteiger partial charge in [-0.05, 0) is 129 Å². The Bertz CT molecular complexity index is 1710. The average Bonchev–Trinajstić information content (AvgIpc) is 3.11. The van der Waals surface area contributed by atoms with Crippen LogP contribution in [0.3, 0.4) is 0 Å². The summed E-state index contributed by atoms with van der Waals surface area (Å²) in [5, 5.41) is 16.8. The van der Waals surface area contributed by atoms with Crippen LogP contribution in [0.2, 0.25) is 0 Å². The number of nitrogens with one attached hydrogen (secondary N) is 2. The zero-order valence-electron chi connectivity index (χ0n) is 38.3. The minimum absolute atomic E-state index is 0.0513. The molecule has 1 saturated carbocycles. The number of hydrogen-bond acceptors (Lipinski definition) is 9. The van der Waals surface area contributed by atoms with E-state index in [1.54, 1.807) is 0 Å². The fourth-order valence-corrected chi connectivity index (χ4v) is 8.03. The normalized spacial score (nSPS) is 17.2. The van der Waals surface area contributed by atoms with E-state index in [9.17, 15) is 29.1 Å². The van der Waals surface area contributed by atoms with E-state index in [0.717, 1.165) is 30.4 Å². The first-order chi connectivity index (χ1) is 27.9. The summed E-state index contributed by atoms with van der Waals surface area (Å²) in [7, 11) is 0. The largest absolute Gasteiger partial charge is 0.488 e. The topological polar surface area (TPSA) is 174 Å². The quantitative estimate of drug-likeness (QED) is 0.0772. The van der Waals surface area contributed by atoms with Gasteiger partial charge in [-0.15, -0.1) is 0 Å². The van der Waals surface area contributed by atoms with Gasteiger partial charge in [0.15, 0.2) is 11.6 Å². The lowest BCUT2D eigenvalue weighted by molar-refractivity contribution is -0.145. The van der Waals surface area contributed by atoms with Crippen molar-refractivity contribution in [3.05, 3.63) is 65.7 Å². The predicted octanol–water partition coefficient (Wildman–Crippen LogP) is 7.83. The fraction of sp³-hybridized carbons (Fsp3) is 0.653. The molecule has 2 aromatic carbocycles. The summed E-state index contributed by atoms with van der Waals surface area (Å²) in [4.78, 5) is 68.2. The summed E-state index contributed by atoms with van der Waals surface area (Å²) in [5.41, 5.74) is 6.51. The molecule has 0 saturated heterocycles. The highest BCUT2D eigenvalue weighted by Gasteiger charge is 2.43. The molecule has 1 amide bonds. The second-order valence-corrected chi connectivity index (χ2v) is 19.9. The van der Waals surface area contributed by atoms with Crippen LogP contribution in [0.25, 0.3) is 0 Å². The number of carboxylic acid groups (broad SMARTS) is 1. The van der Waals surface area contributed by atoms with E-state index in [4.69, 9.17) is 15.2 Å². The van der Waals surface area contributed by atoms with Crippen LogP contribution in [0, 0.1) is 23.7 Å². The summed E-state index contributed by atoms with van der Waals surface area (Å²) in [5.74, 6) is -2.94. The molecule has 5 N–H and O–H groups in total. The zero-order valence-corrected chi connectivity index (χ0v) is 38.3. The van der Waals surface area contributed by atoms with Crippen LogP contribution in [0.15, 0.2) is 54.6 Å². The van der Waals surface area contributed by atoms with Gasteiger partial charge in [0.1, 0.15) is 17.1 Å². The molecule has 1 fully saturated rings. The van der Waals surface area contributed by atoms with Crippen molar-refractivity contribution in [1.29, 1.82) is 0 Å². The Kier molecular flexibility index (Phi) is 18.7. The van der Waals surface area contributed by atoms with Crippen LogP contribution in [0.5, 0.6) is 5.75 Å². The Labute approximate surface area is 359 Å². The summed E-state index contributed by atoms with van der Waals surface area (Å²) < 4.78 is 12.3. The van der Waals surface area contributed by atoms with Crippen LogP contribution in [-0.2, 0) is 41.6 Å². The standard InChI is InChI=1S/C49H75N3O8/c1-31(2)26-39(50)41(54)29-36(27-35-18-20-38(21-19-35)60-48(9,10)11)45(56)51-43(32(3)4)40(53)22-25-49(23-15-24-49)52-44(33(5)59-47(6,7)8)42(55)30-37(46(57)58)28-34-16-13-12-14-17-34/h12-14,16-21,31-33,36-37,39,43-44,52H,15,22-30,50H2,1-11H3,(H,51,56)(H,57,58)/t33-,36-,37-,39+,43+,44+/m1/s1. The van der Waals surface area contributed by atoms with Crippen LogP contribution in [0.4, 0.5) is 0 Å². The van der Waals surface area contributed by atoms with Gasteiger partial charge in [-0.3, -0.25) is 29.3 Å². The van der Waals surface area contributed by atoms with Gasteiger partial charge in [0, 0.05) is 30.7 Å². The highest BCUT2D eigenvalue weighted by Crippen LogP contribution is 2.38. The Balaban J connectivity index is 1.80. The molecule has 0 radical (unpaired) electrons. The molecule has 6 atom stereocenters. The molecule has 11 heteroatoms. The van der Waals surface area contributed by atoms with Crippen LogP contribution >= 0.6 is 0 Å². The van der Waals surface area contributed by atoms with Crippen LogP contribution in [0.1, 0.15) is 139 Å². The molecule has 0 spiro atoms. The van der Waals surface area contributed by atoms with Crippen molar-refractivity contribution in [2.75, 3.05) is 0 Å². The first-order valence-corrected chi connectivity index (χ1v) is 22.0. The first kappa shape index (κ1) is 50.4. The van der Waals surface area contributed by atoms with E-state index in [-0.39, 0.29) is 72.8 Å². The maximum absolute atomic E-state index is 14.1. The summed E-state index contributed by atoms with van der Waals surface area (Å²) >= 11 is 0. The third-order valence-electron chi connectivity index (χ3n) is 11.2. The Morgan fingerprint density at radius 1 is 0.750 bits per heavy atom. The van der Waals surface area contributed by atoms with Crippen molar-refractivity contribution in [2.45, 2.75) is 181 Å². The molecule has 0 bridgehead atoms. The molecule has 0 unspecified atom stereocenters. The van der Waals surface area contributed by atoms with E-state index in [1.807, 2.05) is 131 Å². The molecule has 60 heavy (non-hydrogen) atoms. The predicted molar refractivity (Wildman–Crippen MR) is 237 cm³/mol. The number of Topliss-reactive ketones (excluding diaryl/α,β-unsaturated/α-hetero) is 3. The second-order valence-electron chi connectivity index (χ2n) is 19.9. The first-order valence-electron chi connectivity index (χ1n) is 22.0. The van der Waals surface area contributed by atoms with Gasteiger partial charge in [0.25, 0.3) is 0 Å². The number of rotatable bonds is 25. The second kappa shape index (κ2) is 22.2. The van der Waals surface area contributed by atoms with Gasteiger partial charge in [0.05, 0.1) is 35.7 Å². The van der Waals surface area contributed by atoms with Gasteiger partial charge < -0.3 is 25.6 Å². The number of ketones is 3. The third kappa shape index (κ3) is 16.8. The van der Waals surface area contributed by atoms with Crippen LogP contribution in [-0.4, -0.2) is 75.3 Å². The number of nitrogens with two attached hydrogens (primary N) is 1. The minimum atomic E-state index is -1.03. The number of ether oxygens (including phenoxy) is 2. The van der Waals surface area contributed by atoms with Crippen molar-refractivity contribution in [2.24, 2.45) is 29.4 Å². The Morgan fingerprint density at radius 3 is 1.82 bits per heavy atom. The van der Waals surface area contributed by atoms with E-state index in [2.05, 4.69) is 10.6 Å². The summed E-state index contributed by atoms with van der Waals surface area (Å²) in [6.07, 6.45) is 3.18. The van der Waals surface area contributed by atoms with Crippen molar-refractivity contribution in [1.82, 2.24) is 10.6 Å². The van der Waals surface area contributed by atoms with E-state index in [1.165, 1.54) is 0 Å². The van der Waals surface area contributed by atoms with Gasteiger partial charge in [-0.1, -0.05) is 70.2 Å². The highest BCUT2D eigenvalue weighted by molar-refractivity contribution is 5.93. The van der Waals surface area contributed by atoms with Gasteiger partial charge >= 0.3 is 5.97 Å². The molecular weight excluding hydrogens is 759 g/mol. The van der Waals surface area contributed by atoms with Crippen molar-refractivity contribution < 1.29 is 38.6 Å².